The lowest BCUT2D eigenvalue weighted by molar-refractivity contribution is 0.129. The summed E-state index contributed by atoms with van der Waals surface area (Å²) in [5, 5.41) is 3.29. The van der Waals surface area contributed by atoms with E-state index in [2.05, 4.69) is 21.2 Å². The minimum absolute atomic E-state index is 0.206. The Kier molecular flexibility index (Phi) is 5.08. The van der Waals surface area contributed by atoms with Gasteiger partial charge in [-0.15, -0.1) is 0 Å². The minimum atomic E-state index is 0.206. The van der Waals surface area contributed by atoms with Crippen LogP contribution in [0, 0.1) is 0 Å². The van der Waals surface area contributed by atoms with E-state index in [9.17, 15) is 0 Å². The monoisotopic (exact) mass is 272 g/mol. The summed E-state index contributed by atoms with van der Waals surface area (Å²) in [6.07, 6.45) is 0.206. The van der Waals surface area contributed by atoms with Crippen LogP contribution < -0.4 is 11.1 Å². The van der Waals surface area contributed by atoms with Crippen molar-refractivity contribution in [2.45, 2.75) is 19.6 Å². The lowest BCUT2D eigenvalue weighted by Crippen LogP contribution is -2.18. The Balaban J connectivity index is 2.59. The maximum atomic E-state index is 5.57. The zero-order chi connectivity index (χ0) is 11.3. The molecular weight excluding hydrogens is 256 g/mol. The van der Waals surface area contributed by atoms with Gasteiger partial charge in [0.1, 0.15) is 0 Å². The smallest absolute Gasteiger partial charge is 0.0715 e. The third-order valence-corrected chi connectivity index (χ3v) is 3.01. The van der Waals surface area contributed by atoms with E-state index >= 15 is 0 Å². The number of methoxy groups -OCH3 is 1. The second-order valence-electron chi connectivity index (χ2n) is 3.44. The first-order valence-electron chi connectivity index (χ1n) is 4.92. The van der Waals surface area contributed by atoms with Crippen LogP contribution in [0.5, 0.6) is 0 Å². The van der Waals surface area contributed by atoms with E-state index in [-0.39, 0.29) is 6.10 Å². The highest BCUT2D eigenvalue weighted by Gasteiger charge is 2.01. The summed E-state index contributed by atoms with van der Waals surface area (Å²) < 4.78 is 6.19. The Morgan fingerprint density at radius 1 is 1.53 bits per heavy atom. The van der Waals surface area contributed by atoms with Crippen LogP contribution in [0.3, 0.4) is 0 Å². The zero-order valence-corrected chi connectivity index (χ0v) is 10.7. The molecule has 1 aromatic carbocycles. The number of benzene rings is 1. The highest BCUT2D eigenvalue weighted by molar-refractivity contribution is 9.10. The molecule has 15 heavy (non-hydrogen) atoms. The van der Waals surface area contributed by atoms with Crippen LogP contribution in [0.2, 0.25) is 0 Å². The summed E-state index contributed by atoms with van der Waals surface area (Å²) in [5.41, 5.74) is 7.76. The van der Waals surface area contributed by atoms with E-state index in [4.69, 9.17) is 10.5 Å². The first kappa shape index (κ1) is 12.5. The first-order chi connectivity index (χ1) is 7.17. The molecule has 3 N–H and O–H groups in total. The van der Waals surface area contributed by atoms with Crippen molar-refractivity contribution in [2.75, 3.05) is 19.0 Å². The average molecular weight is 273 g/mol. The second-order valence-corrected chi connectivity index (χ2v) is 4.29. The van der Waals surface area contributed by atoms with Gasteiger partial charge in [-0.2, -0.15) is 0 Å². The summed E-state index contributed by atoms with van der Waals surface area (Å²) in [6.45, 7) is 3.37. The van der Waals surface area contributed by atoms with Gasteiger partial charge in [0.2, 0.25) is 0 Å². The highest BCUT2D eigenvalue weighted by Crippen LogP contribution is 2.21. The molecule has 3 nitrogen and oxygen atoms in total. The standard InChI is InChI=1S/C11H17BrN2O/c1-8(15-2)7-14-10-4-3-9(6-13)11(12)5-10/h3-5,8,14H,6-7,13H2,1-2H3. The minimum Gasteiger partial charge on any atom is -0.382 e. The predicted molar refractivity (Wildman–Crippen MR) is 67.0 cm³/mol. The van der Waals surface area contributed by atoms with Crippen LogP contribution in [0.4, 0.5) is 5.69 Å². The molecule has 0 aliphatic carbocycles. The topological polar surface area (TPSA) is 47.3 Å². The molecule has 0 saturated heterocycles. The fourth-order valence-corrected chi connectivity index (χ4v) is 1.71. The lowest BCUT2D eigenvalue weighted by Gasteiger charge is -2.12. The quantitative estimate of drug-likeness (QED) is 0.865. The van der Waals surface area contributed by atoms with Crippen LogP contribution >= 0.6 is 15.9 Å². The first-order valence-corrected chi connectivity index (χ1v) is 5.71. The van der Waals surface area contributed by atoms with Gasteiger partial charge in [-0.25, -0.2) is 0 Å². The van der Waals surface area contributed by atoms with Crippen molar-refractivity contribution in [2.24, 2.45) is 5.73 Å². The van der Waals surface area contributed by atoms with Crippen molar-refractivity contribution in [1.82, 2.24) is 0 Å². The van der Waals surface area contributed by atoms with Gasteiger partial charge in [0.05, 0.1) is 6.10 Å². The number of nitrogens with two attached hydrogens (primary N) is 1. The van der Waals surface area contributed by atoms with Gasteiger partial charge in [-0.1, -0.05) is 22.0 Å². The van der Waals surface area contributed by atoms with E-state index in [0.717, 1.165) is 22.3 Å². The summed E-state index contributed by atoms with van der Waals surface area (Å²) in [6, 6.07) is 6.07. The van der Waals surface area contributed by atoms with Crippen LogP contribution in [0.25, 0.3) is 0 Å². The molecular formula is C11H17BrN2O. The normalized spacial score (nSPS) is 12.5. The molecule has 0 amide bonds. The van der Waals surface area contributed by atoms with Crippen molar-refractivity contribution in [3.63, 3.8) is 0 Å². The Labute approximate surface area is 99.1 Å². The second kappa shape index (κ2) is 6.10. The molecule has 0 radical (unpaired) electrons. The van der Waals surface area contributed by atoms with Gasteiger partial charge in [-0.05, 0) is 24.6 Å². The molecule has 1 unspecified atom stereocenters. The van der Waals surface area contributed by atoms with Gasteiger partial charge in [0.15, 0.2) is 0 Å². The molecule has 0 spiro atoms. The summed E-state index contributed by atoms with van der Waals surface area (Å²) in [5.74, 6) is 0. The fraction of sp³-hybridized carbons (Fsp3) is 0.455. The number of nitrogens with one attached hydrogen (secondary N) is 1. The fourth-order valence-electron chi connectivity index (χ4n) is 1.17. The molecule has 0 fully saturated rings. The average Bonchev–Trinajstić information content (AvgIpc) is 2.26. The summed E-state index contributed by atoms with van der Waals surface area (Å²) in [4.78, 5) is 0. The SMILES string of the molecule is COC(C)CNc1ccc(CN)c(Br)c1. The number of hydrogen-bond donors (Lipinski definition) is 2. The van der Waals surface area contributed by atoms with Gasteiger partial charge in [0.25, 0.3) is 0 Å². The molecule has 0 aliphatic heterocycles. The van der Waals surface area contributed by atoms with Gasteiger partial charge >= 0.3 is 0 Å². The number of hydrogen-bond acceptors (Lipinski definition) is 3. The Morgan fingerprint density at radius 3 is 2.80 bits per heavy atom. The zero-order valence-electron chi connectivity index (χ0n) is 9.09. The molecule has 0 saturated carbocycles. The van der Waals surface area contributed by atoms with Crippen molar-refractivity contribution in [1.29, 1.82) is 0 Å². The van der Waals surface area contributed by atoms with Gasteiger partial charge < -0.3 is 15.8 Å². The van der Waals surface area contributed by atoms with Gasteiger partial charge in [-0.3, -0.25) is 0 Å². The Hall–Kier alpha value is -0.580. The van der Waals surface area contributed by atoms with Gasteiger partial charge in [0, 0.05) is 30.4 Å². The lowest BCUT2D eigenvalue weighted by atomic mass is 10.2. The highest BCUT2D eigenvalue weighted by atomic mass is 79.9. The summed E-state index contributed by atoms with van der Waals surface area (Å²) in [7, 11) is 1.71. The van der Waals surface area contributed by atoms with Crippen LogP contribution in [-0.4, -0.2) is 19.8 Å². The third-order valence-electron chi connectivity index (χ3n) is 2.27. The molecule has 84 valence electrons. The van der Waals surface area contributed by atoms with Crippen molar-refractivity contribution in [3.05, 3.63) is 28.2 Å². The number of rotatable bonds is 5. The number of anilines is 1. The number of ether oxygens (including phenoxy) is 1. The molecule has 0 aliphatic rings. The van der Waals surface area contributed by atoms with E-state index < -0.39 is 0 Å². The molecule has 1 atom stereocenters. The Bertz CT molecular complexity index is 317. The van der Waals surface area contributed by atoms with E-state index in [1.165, 1.54) is 0 Å². The van der Waals surface area contributed by atoms with Crippen molar-refractivity contribution in [3.8, 4) is 0 Å². The largest absolute Gasteiger partial charge is 0.382 e. The summed E-state index contributed by atoms with van der Waals surface area (Å²) >= 11 is 3.48. The van der Waals surface area contributed by atoms with E-state index in [1.54, 1.807) is 7.11 Å². The van der Waals surface area contributed by atoms with Crippen molar-refractivity contribution >= 4 is 21.6 Å². The maximum Gasteiger partial charge on any atom is 0.0715 e. The predicted octanol–water partition coefficient (Wildman–Crippen LogP) is 2.35. The molecule has 0 heterocycles. The van der Waals surface area contributed by atoms with E-state index in [0.29, 0.717) is 6.54 Å². The van der Waals surface area contributed by atoms with Crippen LogP contribution in [0.1, 0.15) is 12.5 Å². The Morgan fingerprint density at radius 2 is 2.27 bits per heavy atom. The maximum absolute atomic E-state index is 5.57. The number of halogens is 1. The molecule has 0 aromatic heterocycles. The van der Waals surface area contributed by atoms with Crippen LogP contribution in [-0.2, 0) is 11.3 Å². The molecule has 1 rings (SSSR count). The molecule has 1 aromatic rings. The van der Waals surface area contributed by atoms with Crippen molar-refractivity contribution < 1.29 is 4.74 Å². The molecule has 4 heteroatoms. The van der Waals surface area contributed by atoms with Crippen LogP contribution in [0.15, 0.2) is 22.7 Å². The molecule has 0 bridgehead atoms. The third kappa shape index (κ3) is 3.81. The van der Waals surface area contributed by atoms with E-state index in [1.807, 2.05) is 25.1 Å².